The van der Waals surface area contributed by atoms with Gasteiger partial charge in [0.1, 0.15) is 12.1 Å². The van der Waals surface area contributed by atoms with Crippen molar-refractivity contribution < 1.29 is 19.5 Å². The number of rotatable bonds is 8. The average Bonchev–Trinajstić information content (AvgIpc) is 2.92. The Morgan fingerprint density at radius 1 is 1.33 bits per heavy atom. The SMILES string of the molecule is CCCCC(NC(=O)C1CSCN1C(=O)CCC)C(=O)O. The average molecular weight is 316 g/mol. The summed E-state index contributed by atoms with van der Waals surface area (Å²) < 4.78 is 0. The molecule has 1 rings (SSSR count). The van der Waals surface area contributed by atoms with Gasteiger partial charge in [-0.2, -0.15) is 0 Å². The van der Waals surface area contributed by atoms with Gasteiger partial charge in [-0.15, -0.1) is 11.8 Å². The van der Waals surface area contributed by atoms with Crippen LogP contribution >= 0.6 is 11.8 Å². The van der Waals surface area contributed by atoms with Crippen molar-refractivity contribution in [2.24, 2.45) is 0 Å². The molecule has 0 aromatic heterocycles. The van der Waals surface area contributed by atoms with Crippen LogP contribution in [0, 0.1) is 0 Å². The first-order valence-corrected chi connectivity index (χ1v) is 8.57. The Bertz CT molecular complexity index is 389. The van der Waals surface area contributed by atoms with Gasteiger partial charge in [0.05, 0.1) is 5.88 Å². The van der Waals surface area contributed by atoms with Gasteiger partial charge in [0.15, 0.2) is 0 Å². The first-order chi connectivity index (χ1) is 10.0. The molecular formula is C14H24N2O4S. The Morgan fingerprint density at radius 3 is 2.62 bits per heavy atom. The fourth-order valence-corrected chi connectivity index (χ4v) is 3.38. The zero-order chi connectivity index (χ0) is 15.8. The maximum absolute atomic E-state index is 12.3. The minimum atomic E-state index is -1.02. The molecule has 0 radical (unpaired) electrons. The zero-order valence-corrected chi connectivity index (χ0v) is 13.4. The summed E-state index contributed by atoms with van der Waals surface area (Å²) in [7, 11) is 0. The predicted molar refractivity (Wildman–Crippen MR) is 82.0 cm³/mol. The lowest BCUT2D eigenvalue weighted by atomic mass is 10.1. The van der Waals surface area contributed by atoms with Crippen molar-refractivity contribution in [2.75, 3.05) is 11.6 Å². The number of hydrogen-bond acceptors (Lipinski definition) is 4. The number of nitrogens with one attached hydrogen (secondary N) is 1. The molecule has 0 bridgehead atoms. The lowest BCUT2D eigenvalue weighted by Crippen LogP contribution is -2.51. The number of carboxylic acid groups (broad SMARTS) is 1. The first-order valence-electron chi connectivity index (χ1n) is 7.41. The lowest BCUT2D eigenvalue weighted by Gasteiger charge is -2.24. The minimum absolute atomic E-state index is 0.0388. The molecule has 1 aliphatic heterocycles. The smallest absolute Gasteiger partial charge is 0.326 e. The van der Waals surface area contributed by atoms with E-state index in [0.717, 1.165) is 19.3 Å². The molecule has 21 heavy (non-hydrogen) atoms. The molecular weight excluding hydrogens is 292 g/mol. The van der Waals surface area contributed by atoms with Crippen LogP contribution in [0.25, 0.3) is 0 Å². The topological polar surface area (TPSA) is 86.7 Å². The van der Waals surface area contributed by atoms with Gasteiger partial charge in [-0.25, -0.2) is 4.79 Å². The van der Waals surface area contributed by atoms with Crippen LogP contribution in [0.15, 0.2) is 0 Å². The summed E-state index contributed by atoms with van der Waals surface area (Å²) in [5.74, 6) is -0.379. The van der Waals surface area contributed by atoms with Crippen LogP contribution < -0.4 is 5.32 Å². The molecule has 1 fully saturated rings. The van der Waals surface area contributed by atoms with Crippen LogP contribution in [-0.2, 0) is 14.4 Å². The molecule has 1 saturated heterocycles. The maximum atomic E-state index is 12.3. The molecule has 0 saturated carbocycles. The van der Waals surface area contributed by atoms with Crippen molar-refractivity contribution in [3.8, 4) is 0 Å². The Morgan fingerprint density at radius 2 is 2.05 bits per heavy atom. The van der Waals surface area contributed by atoms with Crippen molar-refractivity contribution in [1.29, 1.82) is 0 Å². The van der Waals surface area contributed by atoms with Gasteiger partial charge in [-0.3, -0.25) is 9.59 Å². The summed E-state index contributed by atoms with van der Waals surface area (Å²) in [5.41, 5.74) is 0. The summed E-state index contributed by atoms with van der Waals surface area (Å²) in [4.78, 5) is 37.0. The van der Waals surface area contributed by atoms with Crippen molar-refractivity contribution >= 4 is 29.5 Å². The van der Waals surface area contributed by atoms with Gasteiger partial charge in [-0.1, -0.05) is 26.7 Å². The maximum Gasteiger partial charge on any atom is 0.326 e. The largest absolute Gasteiger partial charge is 0.480 e. The van der Waals surface area contributed by atoms with Crippen LogP contribution in [0.5, 0.6) is 0 Å². The highest BCUT2D eigenvalue weighted by Crippen LogP contribution is 2.22. The number of carbonyl (C=O) groups is 3. The second kappa shape index (κ2) is 8.92. The van der Waals surface area contributed by atoms with Crippen molar-refractivity contribution in [2.45, 2.75) is 58.0 Å². The quantitative estimate of drug-likeness (QED) is 0.708. The Balaban J connectivity index is 2.63. The van der Waals surface area contributed by atoms with E-state index in [2.05, 4.69) is 5.32 Å². The molecule has 0 spiro atoms. The summed E-state index contributed by atoms with van der Waals surface area (Å²) in [6.07, 6.45) is 3.20. The molecule has 2 N–H and O–H groups in total. The van der Waals surface area contributed by atoms with E-state index in [1.54, 1.807) is 4.90 Å². The number of carboxylic acids is 1. The van der Waals surface area contributed by atoms with E-state index in [4.69, 9.17) is 5.11 Å². The zero-order valence-electron chi connectivity index (χ0n) is 12.6. The molecule has 1 heterocycles. The van der Waals surface area contributed by atoms with E-state index in [1.807, 2.05) is 13.8 Å². The van der Waals surface area contributed by atoms with E-state index in [0.29, 0.717) is 24.5 Å². The van der Waals surface area contributed by atoms with Crippen molar-refractivity contribution in [3.63, 3.8) is 0 Å². The number of nitrogens with zero attached hydrogens (tertiary/aromatic N) is 1. The second-order valence-electron chi connectivity index (χ2n) is 5.17. The second-order valence-corrected chi connectivity index (χ2v) is 6.17. The number of thioether (sulfide) groups is 1. The Hall–Kier alpha value is -1.24. The fraction of sp³-hybridized carbons (Fsp3) is 0.786. The molecule has 2 unspecified atom stereocenters. The third-order valence-corrected chi connectivity index (χ3v) is 4.44. The van der Waals surface area contributed by atoms with Crippen LogP contribution in [0.1, 0.15) is 46.0 Å². The van der Waals surface area contributed by atoms with E-state index in [-0.39, 0.29) is 11.8 Å². The minimum Gasteiger partial charge on any atom is -0.480 e. The van der Waals surface area contributed by atoms with Gasteiger partial charge in [0.25, 0.3) is 0 Å². The molecule has 0 aliphatic carbocycles. The molecule has 2 amide bonds. The molecule has 120 valence electrons. The Kier molecular flexibility index (Phi) is 7.56. The Labute approximate surface area is 129 Å². The van der Waals surface area contributed by atoms with Crippen molar-refractivity contribution in [1.82, 2.24) is 10.2 Å². The van der Waals surface area contributed by atoms with Gasteiger partial charge in [0, 0.05) is 12.2 Å². The molecule has 6 nitrogen and oxygen atoms in total. The third kappa shape index (κ3) is 5.22. The number of carbonyl (C=O) groups excluding carboxylic acids is 2. The summed E-state index contributed by atoms with van der Waals surface area (Å²) in [5, 5.41) is 11.7. The lowest BCUT2D eigenvalue weighted by molar-refractivity contribution is -0.143. The number of hydrogen-bond donors (Lipinski definition) is 2. The highest BCUT2D eigenvalue weighted by Gasteiger charge is 2.35. The van der Waals surface area contributed by atoms with Gasteiger partial charge >= 0.3 is 5.97 Å². The highest BCUT2D eigenvalue weighted by molar-refractivity contribution is 7.99. The number of aliphatic carboxylic acids is 1. The van der Waals surface area contributed by atoms with E-state index >= 15 is 0 Å². The van der Waals surface area contributed by atoms with Crippen molar-refractivity contribution in [3.05, 3.63) is 0 Å². The molecule has 1 aliphatic rings. The highest BCUT2D eigenvalue weighted by atomic mass is 32.2. The predicted octanol–water partition coefficient (Wildman–Crippen LogP) is 1.45. The van der Waals surface area contributed by atoms with Crippen LogP contribution in [0.2, 0.25) is 0 Å². The van der Waals surface area contributed by atoms with Crippen LogP contribution in [0.3, 0.4) is 0 Å². The normalized spacial score (nSPS) is 19.3. The van der Waals surface area contributed by atoms with E-state index in [9.17, 15) is 14.4 Å². The number of amides is 2. The van der Waals surface area contributed by atoms with E-state index in [1.165, 1.54) is 11.8 Å². The fourth-order valence-electron chi connectivity index (χ4n) is 2.20. The van der Waals surface area contributed by atoms with Crippen LogP contribution in [-0.4, -0.2) is 51.5 Å². The number of unbranched alkanes of at least 4 members (excludes halogenated alkanes) is 1. The first kappa shape index (κ1) is 17.8. The summed E-state index contributed by atoms with van der Waals surface area (Å²) >= 11 is 1.52. The van der Waals surface area contributed by atoms with Gasteiger partial charge in [-0.05, 0) is 12.8 Å². The standard InChI is InChI=1S/C14H24N2O4S/c1-3-5-7-10(14(19)20)15-13(18)11-8-21-9-16(11)12(17)6-4-2/h10-11H,3-9H2,1-2H3,(H,15,18)(H,19,20). The molecule has 0 aromatic rings. The molecule has 0 aromatic carbocycles. The summed E-state index contributed by atoms with van der Waals surface area (Å²) in [6.45, 7) is 3.89. The van der Waals surface area contributed by atoms with Crippen LogP contribution in [0.4, 0.5) is 0 Å². The van der Waals surface area contributed by atoms with Gasteiger partial charge in [0.2, 0.25) is 11.8 Å². The monoisotopic (exact) mass is 316 g/mol. The molecule has 2 atom stereocenters. The van der Waals surface area contributed by atoms with Gasteiger partial charge < -0.3 is 15.3 Å². The summed E-state index contributed by atoms with van der Waals surface area (Å²) in [6, 6.07) is -1.41. The molecule has 7 heteroatoms. The van der Waals surface area contributed by atoms with E-state index < -0.39 is 18.1 Å². The third-order valence-electron chi connectivity index (χ3n) is 3.43.